The molecule has 0 aromatic heterocycles. The van der Waals surface area contributed by atoms with Crippen LogP contribution in [0.2, 0.25) is 0 Å². The molecule has 28 heavy (non-hydrogen) atoms. The summed E-state index contributed by atoms with van der Waals surface area (Å²) in [6.45, 7) is 5.82. The van der Waals surface area contributed by atoms with E-state index in [2.05, 4.69) is 45.1 Å². The van der Waals surface area contributed by atoms with Crippen LogP contribution in [-0.2, 0) is 9.59 Å². The largest absolute Gasteiger partial charge is 0.420 e. The van der Waals surface area contributed by atoms with Gasteiger partial charge in [-0.05, 0) is 25.4 Å². The van der Waals surface area contributed by atoms with Crippen LogP contribution in [0.1, 0.15) is 52.4 Å². The van der Waals surface area contributed by atoms with Gasteiger partial charge in [0.1, 0.15) is 25.9 Å². The van der Waals surface area contributed by atoms with Gasteiger partial charge in [0.25, 0.3) is 0 Å². The number of carbonyl (C=O) groups is 2. The molecule has 0 unspecified atom stereocenters. The maximum atomic E-state index is 12.2. The average Bonchev–Trinajstić information content (AvgIpc) is 2.65. The number of nitrogens with one attached hydrogen (secondary N) is 4. The van der Waals surface area contributed by atoms with E-state index >= 15 is 0 Å². The third kappa shape index (κ3) is 6.20. The van der Waals surface area contributed by atoms with E-state index in [-0.39, 0.29) is 11.8 Å². The van der Waals surface area contributed by atoms with E-state index in [1.54, 1.807) is 23.5 Å². The van der Waals surface area contributed by atoms with Crippen molar-refractivity contribution in [1.82, 2.24) is 10.6 Å². The van der Waals surface area contributed by atoms with Gasteiger partial charge in [0.2, 0.25) is 11.8 Å². The summed E-state index contributed by atoms with van der Waals surface area (Å²) in [6, 6.07) is 0. The van der Waals surface area contributed by atoms with E-state index in [0.29, 0.717) is 12.8 Å². The summed E-state index contributed by atoms with van der Waals surface area (Å²) in [5.74, 6) is 0.134. The number of carbonyl (C=O) groups excluding carboxylic acids is 2. The maximum absolute atomic E-state index is 12.2. The van der Waals surface area contributed by atoms with Crippen LogP contribution in [0, 0.1) is 0 Å². The molecular formula is C18H36N6O2S2+4. The third-order valence-electron chi connectivity index (χ3n) is 4.90. The SMILES string of the molecule is CCCC1=[NH+][C@@]([NH2+]CC[NH2+][C@@]2(SC)NC(=O)CC(CCC)=[NH+]2)(SC)NC(=O)C1. The number of thioether (sulfide) groups is 2. The number of hydrogen-bond acceptors (Lipinski definition) is 4. The second-order valence-electron chi connectivity index (χ2n) is 7.27. The van der Waals surface area contributed by atoms with Crippen molar-refractivity contribution in [2.75, 3.05) is 25.6 Å². The van der Waals surface area contributed by atoms with Crippen LogP contribution in [0.4, 0.5) is 0 Å². The van der Waals surface area contributed by atoms with Gasteiger partial charge in [-0.25, -0.2) is 10.6 Å². The van der Waals surface area contributed by atoms with E-state index in [1.807, 2.05) is 12.5 Å². The van der Waals surface area contributed by atoms with E-state index in [9.17, 15) is 9.59 Å². The molecule has 0 saturated carbocycles. The molecule has 2 heterocycles. The molecule has 0 radical (unpaired) electrons. The zero-order valence-corrected chi connectivity index (χ0v) is 19.1. The van der Waals surface area contributed by atoms with Gasteiger partial charge in [0, 0.05) is 36.4 Å². The summed E-state index contributed by atoms with van der Waals surface area (Å²) in [5, 5.41) is 9.34. The smallest absolute Gasteiger partial charge is 0.274 e. The summed E-state index contributed by atoms with van der Waals surface area (Å²) < 4.78 is 0. The lowest BCUT2D eigenvalue weighted by atomic mass is 10.1. The molecule has 0 aromatic carbocycles. The summed E-state index contributed by atoms with van der Waals surface area (Å²) in [5.41, 5.74) is 2.20. The average molecular weight is 433 g/mol. The highest BCUT2D eigenvalue weighted by Gasteiger charge is 2.47. The monoisotopic (exact) mass is 432 g/mol. The number of quaternary nitrogens is 2. The summed E-state index contributed by atoms with van der Waals surface area (Å²) in [4.78, 5) is 31.4. The standard InChI is InChI=1S/C18H32N6O2S2/c1-5-7-13-11-15(25)23-17(21-13,27-3)19-9-10-20-18(28-4)22-14(8-6-2)12-16(26)24-18/h19-20H,5-12H2,1-4H3,(H,23,25)(H,24,26)/p+4/t17-,18+. The van der Waals surface area contributed by atoms with Gasteiger partial charge in [0.15, 0.2) is 11.4 Å². The molecule has 8 nitrogen and oxygen atoms in total. The second kappa shape index (κ2) is 10.6. The molecular weight excluding hydrogens is 396 g/mol. The molecule has 0 spiro atoms. The predicted octanol–water partition coefficient (Wildman–Crippen LogP) is -4.25. The van der Waals surface area contributed by atoms with Gasteiger partial charge >= 0.3 is 10.2 Å². The Balaban J connectivity index is 1.99. The first-order valence-corrected chi connectivity index (χ1v) is 12.5. The van der Waals surface area contributed by atoms with Crippen LogP contribution in [0.5, 0.6) is 0 Å². The van der Waals surface area contributed by atoms with E-state index in [0.717, 1.165) is 50.2 Å². The van der Waals surface area contributed by atoms with Crippen LogP contribution in [0.15, 0.2) is 0 Å². The molecule has 10 heteroatoms. The Kier molecular flexibility index (Phi) is 8.79. The Morgan fingerprint density at radius 1 is 0.857 bits per heavy atom. The molecule has 0 aliphatic carbocycles. The molecule has 8 N–H and O–H groups in total. The van der Waals surface area contributed by atoms with Crippen LogP contribution in [0.3, 0.4) is 0 Å². The lowest BCUT2D eigenvalue weighted by molar-refractivity contribution is -0.899. The first-order chi connectivity index (χ1) is 13.4. The Morgan fingerprint density at radius 2 is 1.25 bits per heavy atom. The van der Waals surface area contributed by atoms with Crippen LogP contribution in [-0.4, -0.2) is 59.1 Å². The van der Waals surface area contributed by atoms with Crippen molar-refractivity contribution in [3.8, 4) is 0 Å². The molecule has 158 valence electrons. The van der Waals surface area contributed by atoms with E-state index in [1.165, 1.54) is 0 Å². The normalized spacial score (nSPS) is 27.7. The van der Waals surface area contributed by atoms with Crippen LogP contribution < -0.4 is 31.3 Å². The van der Waals surface area contributed by atoms with Crippen molar-refractivity contribution in [2.24, 2.45) is 0 Å². The van der Waals surface area contributed by atoms with Crippen molar-refractivity contribution in [1.29, 1.82) is 0 Å². The minimum absolute atomic E-state index is 0.0670. The van der Waals surface area contributed by atoms with Crippen molar-refractivity contribution >= 4 is 46.8 Å². The molecule has 2 rings (SSSR count). The highest BCUT2D eigenvalue weighted by atomic mass is 32.2. The van der Waals surface area contributed by atoms with Gasteiger partial charge in [-0.1, -0.05) is 13.8 Å². The summed E-state index contributed by atoms with van der Waals surface area (Å²) in [6.07, 6.45) is 8.78. The highest BCUT2D eigenvalue weighted by Crippen LogP contribution is 2.07. The molecule has 0 aromatic rings. The molecule has 0 bridgehead atoms. The quantitative estimate of drug-likeness (QED) is 0.146. The Labute approximate surface area is 175 Å². The van der Waals surface area contributed by atoms with Crippen LogP contribution >= 0.6 is 23.5 Å². The lowest BCUT2D eigenvalue weighted by Gasteiger charge is -2.27. The number of hydrogen-bond donors (Lipinski definition) is 6. The fourth-order valence-electron chi connectivity index (χ4n) is 3.62. The van der Waals surface area contributed by atoms with Crippen molar-refractivity contribution in [3.05, 3.63) is 0 Å². The lowest BCUT2D eigenvalue weighted by Crippen LogP contribution is -3.22. The van der Waals surface area contributed by atoms with Gasteiger partial charge in [-0.15, -0.1) is 0 Å². The molecule has 2 aliphatic rings. The third-order valence-corrected chi connectivity index (χ3v) is 6.93. The van der Waals surface area contributed by atoms with Crippen molar-refractivity contribution in [2.45, 2.75) is 62.6 Å². The van der Waals surface area contributed by atoms with E-state index in [4.69, 9.17) is 0 Å². The fourth-order valence-corrected chi connectivity index (χ4v) is 5.11. The van der Waals surface area contributed by atoms with Crippen molar-refractivity contribution in [3.63, 3.8) is 0 Å². The first kappa shape index (κ1) is 23.2. The first-order valence-electron chi connectivity index (χ1n) is 10.1. The number of amides is 2. The minimum Gasteiger partial charge on any atom is -0.274 e. The molecule has 2 atom stereocenters. The highest BCUT2D eigenvalue weighted by molar-refractivity contribution is 7.99. The van der Waals surface area contributed by atoms with Crippen molar-refractivity contribution < 1.29 is 30.2 Å². The Bertz CT molecular complexity index is 588. The summed E-state index contributed by atoms with van der Waals surface area (Å²) >= 11 is 3.19. The van der Waals surface area contributed by atoms with E-state index < -0.39 is 10.2 Å². The molecule has 2 amide bonds. The minimum atomic E-state index is -0.553. The van der Waals surface area contributed by atoms with Crippen LogP contribution in [0.25, 0.3) is 0 Å². The zero-order chi connectivity index (χ0) is 20.6. The maximum Gasteiger partial charge on any atom is 0.420 e. The number of rotatable bonds is 11. The van der Waals surface area contributed by atoms with Gasteiger partial charge in [-0.2, -0.15) is 9.98 Å². The second-order valence-corrected chi connectivity index (χ2v) is 9.38. The van der Waals surface area contributed by atoms with Gasteiger partial charge in [-0.3, -0.25) is 20.2 Å². The molecule has 0 saturated heterocycles. The number of nitrogens with two attached hydrogens (primary N) is 2. The van der Waals surface area contributed by atoms with Gasteiger partial charge in [0.05, 0.1) is 0 Å². The predicted molar refractivity (Wildman–Crippen MR) is 113 cm³/mol. The Morgan fingerprint density at radius 3 is 1.57 bits per heavy atom. The summed E-state index contributed by atoms with van der Waals surface area (Å²) in [7, 11) is 0. The Hall–Kier alpha value is -1.10. The fraction of sp³-hybridized carbons (Fsp3) is 0.778. The molecule has 0 fully saturated rings. The zero-order valence-electron chi connectivity index (χ0n) is 17.4. The topological polar surface area (TPSA) is 119 Å². The molecule has 2 aliphatic heterocycles. The van der Waals surface area contributed by atoms with Gasteiger partial charge < -0.3 is 0 Å².